The molecule has 4 nitrogen and oxygen atoms in total. The van der Waals surface area contributed by atoms with Crippen LogP contribution in [0.2, 0.25) is 0 Å². The van der Waals surface area contributed by atoms with Gasteiger partial charge in [0, 0.05) is 10.0 Å². The Morgan fingerprint density at radius 2 is 2.10 bits per heavy atom. The Morgan fingerprint density at radius 3 is 2.65 bits per heavy atom. The summed E-state index contributed by atoms with van der Waals surface area (Å²) in [6.45, 7) is 0. The highest BCUT2D eigenvalue weighted by molar-refractivity contribution is 9.10. The minimum atomic E-state index is -5.20. The molecule has 8 heteroatoms. The molecule has 1 N–H and O–H groups in total. The maximum atomic E-state index is 13.0. The number of hydrogen-bond acceptors (Lipinski definition) is 4. The minimum Gasteiger partial charge on any atom is -0.465 e. The quantitative estimate of drug-likeness (QED) is 0.789. The molecule has 1 aliphatic rings. The van der Waals surface area contributed by atoms with Gasteiger partial charge in [-0.15, -0.1) is 0 Å². The van der Waals surface area contributed by atoms with Gasteiger partial charge >= 0.3 is 17.9 Å². The monoisotopic (exact) mass is 352 g/mol. The molecule has 0 spiro atoms. The Labute approximate surface area is 119 Å². The third-order valence-electron chi connectivity index (χ3n) is 2.69. The van der Waals surface area contributed by atoms with E-state index in [9.17, 15) is 23.1 Å². The maximum absolute atomic E-state index is 13.0. The number of fused-ring (bicyclic) bond motifs is 1. The van der Waals surface area contributed by atoms with Gasteiger partial charge in [0.1, 0.15) is 11.3 Å². The zero-order chi connectivity index (χ0) is 15.1. The van der Waals surface area contributed by atoms with Gasteiger partial charge in [-0.1, -0.05) is 22.0 Å². The molecule has 1 atom stereocenters. The van der Waals surface area contributed by atoms with Crippen LogP contribution in [-0.2, 0) is 9.53 Å². The van der Waals surface area contributed by atoms with Crippen LogP contribution in [0, 0.1) is 0 Å². The third-order valence-corrected chi connectivity index (χ3v) is 3.18. The summed E-state index contributed by atoms with van der Waals surface area (Å²) in [5.41, 5.74) is -0.801. The fourth-order valence-corrected chi connectivity index (χ4v) is 2.04. The van der Waals surface area contributed by atoms with E-state index in [4.69, 9.17) is 0 Å². The number of hydrogen-bond donors (Lipinski definition) is 1. The highest BCUT2D eigenvalue weighted by Crippen LogP contribution is 2.44. The summed E-state index contributed by atoms with van der Waals surface area (Å²) >= 11 is 3.08. The van der Waals surface area contributed by atoms with E-state index in [0.717, 1.165) is 13.2 Å². The van der Waals surface area contributed by atoms with Gasteiger partial charge in [-0.25, -0.2) is 4.79 Å². The highest BCUT2D eigenvalue weighted by Gasteiger charge is 2.63. The fraction of sp³-hybridized carbons (Fsp3) is 0.250. The first-order valence-corrected chi connectivity index (χ1v) is 6.06. The largest absolute Gasteiger partial charge is 0.465 e. The highest BCUT2D eigenvalue weighted by atomic mass is 79.9. The van der Waals surface area contributed by atoms with Crippen molar-refractivity contribution in [1.29, 1.82) is 0 Å². The van der Waals surface area contributed by atoms with Gasteiger partial charge in [-0.3, -0.25) is 0 Å². The lowest BCUT2D eigenvalue weighted by atomic mass is 9.98. The first-order valence-electron chi connectivity index (χ1n) is 5.27. The summed E-state index contributed by atoms with van der Waals surface area (Å²) < 4.78 is 48.5. The van der Waals surface area contributed by atoms with Gasteiger partial charge in [-0.05, 0) is 18.2 Å². The number of methoxy groups -OCH3 is 1. The first-order chi connectivity index (χ1) is 9.19. The average Bonchev–Trinajstić information content (AvgIpc) is 2.35. The van der Waals surface area contributed by atoms with Crippen LogP contribution in [0.25, 0.3) is 6.08 Å². The van der Waals surface area contributed by atoms with E-state index in [1.807, 2.05) is 0 Å². The molecule has 1 aromatic carbocycles. The fourth-order valence-electron chi connectivity index (χ4n) is 1.70. The molecule has 0 amide bonds. The van der Waals surface area contributed by atoms with Gasteiger partial charge < -0.3 is 14.6 Å². The van der Waals surface area contributed by atoms with Crippen LogP contribution in [-0.4, -0.2) is 30.1 Å². The van der Waals surface area contributed by atoms with E-state index in [-0.39, 0.29) is 11.3 Å². The smallest absolute Gasteiger partial charge is 0.460 e. The summed E-state index contributed by atoms with van der Waals surface area (Å²) in [4.78, 5) is 11.5. The number of rotatable bonds is 1. The Hall–Kier alpha value is -1.54. The lowest BCUT2D eigenvalue weighted by Crippen LogP contribution is -2.54. The van der Waals surface area contributed by atoms with Crippen molar-refractivity contribution in [2.75, 3.05) is 7.11 Å². The van der Waals surface area contributed by atoms with E-state index in [1.165, 1.54) is 12.1 Å². The van der Waals surface area contributed by atoms with Crippen molar-refractivity contribution in [3.05, 3.63) is 33.8 Å². The molecule has 108 valence electrons. The minimum absolute atomic E-state index is 0.202. The summed E-state index contributed by atoms with van der Waals surface area (Å²) in [5.74, 6) is -5.27. The van der Waals surface area contributed by atoms with E-state index in [2.05, 4.69) is 25.4 Å². The van der Waals surface area contributed by atoms with E-state index < -0.39 is 23.5 Å². The van der Waals surface area contributed by atoms with Gasteiger partial charge in [0.15, 0.2) is 0 Å². The van der Waals surface area contributed by atoms with Crippen LogP contribution in [0.15, 0.2) is 28.2 Å². The van der Waals surface area contributed by atoms with Crippen molar-refractivity contribution < 1.29 is 32.5 Å². The topological polar surface area (TPSA) is 55.8 Å². The van der Waals surface area contributed by atoms with E-state index >= 15 is 0 Å². The van der Waals surface area contributed by atoms with Crippen molar-refractivity contribution in [2.45, 2.75) is 12.0 Å². The molecule has 20 heavy (non-hydrogen) atoms. The predicted octanol–water partition coefficient (Wildman–Crippen LogP) is 2.65. The Bertz CT molecular complexity index is 597. The molecule has 0 radical (unpaired) electrons. The molecule has 0 fully saturated rings. The standard InChI is InChI=1S/C12H8BrF3O4/c1-19-10(17)8-4-6-2-3-7(13)5-9(6)20-11(8,18)12(14,15)16/h2-5,18H,1H3. The molecule has 1 unspecified atom stereocenters. The molecule has 1 aliphatic heterocycles. The molecule has 0 saturated heterocycles. The average molecular weight is 353 g/mol. The van der Waals surface area contributed by atoms with Crippen LogP contribution in [0.4, 0.5) is 13.2 Å². The van der Waals surface area contributed by atoms with Gasteiger partial charge in [0.05, 0.1) is 7.11 Å². The number of benzene rings is 1. The molecular weight excluding hydrogens is 345 g/mol. The molecule has 0 bridgehead atoms. The van der Waals surface area contributed by atoms with Crippen LogP contribution in [0.5, 0.6) is 5.75 Å². The molecule has 1 heterocycles. The number of alkyl halides is 3. The summed E-state index contributed by atoms with van der Waals surface area (Å²) in [7, 11) is 0.914. The summed E-state index contributed by atoms with van der Waals surface area (Å²) in [6, 6.07) is 4.26. The van der Waals surface area contributed by atoms with Crippen LogP contribution < -0.4 is 4.74 Å². The second kappa shape index (κ2) is 4.78. The molecule has 1 aromatic rings. The zero-order valence-electron chi connectivity index (χ0n) is 9.99. The Balaban J connectivity index is 2.64. The van der Waals surface area contributed by atoms with Gasteiger partial charge in [-0.2, -0.15) is 13.2 Å². The third kappa shape index (κ3) is 2.29. The normalized spacial score (nSPS) is 21.6. The zero-order valence-corrected chi connectivity index (χ0v) is 11.6. The van der Waals surface area contributed by atoms with Gasteiger partial charge in [0.25, 0.3) is 0 Å². The number of ether oxygens (including phenoxy) is 2. The number of esters is 1. The Morgan fingerprint density at radius 1 is 1.45 bits per heavy atom. The molecule has 2 rings (SSSR count). The number of carbonyl (C=O) groups is 1. The number of aliphatic hydroxyl groups is 1. The SMILES string of the molecule is COC(=O)C1=Cc2ccc(Br)cc2OC1(O)C(F)(F)F. The molecule has 0 saturated carbocycles. The maximum Gasteiger partial charge on any atom is 0.460 e. The predicted molar refractivity (Wildman–Crippen MR) is 65.8 cm³/mol. The van der Waals surface area contributed by atoms with E-state index in [0.29, 0.717) is 4.47 Å². The first kappa shape index (κ1) is 14.9. The lowest BCUT2D eigenvalue weighted by molar-refractivity contribution is -0.316. The van der Waals surface area contributed by atoms with E-state index in [1.54, 1.807) is 6.07 Å². The number of halogens is 4. The van der Waals surface area contributed by atoms with Crippen LogP contribution >= 0.6 is 15.9 Å². The summed E-state index contributed by atoms with van der Waals surface area (Å²) in [5, 5.41) is 9.78. The van der Waals surface area contributed by atoms with Crippen LogP contribution in [0.3, 0.4) is 0 Å². The second-order valence-corrected chi connectivity index (χ2v) is 4.89. The van der Waals surface area contributed by atoms with Crippen molar-refractivity contribution in [3.8, 4) is 5.75 Å². The van der Waals surface area contributed by atoms with Crippen LogP contribution in [0.1, 0.15) is 5.56 Å². The van der Waals surface area contributed by atoms with Crippen molar-refractivity contribution in [3.63, 3.8) is 0 Å². The lowest BCUT2D eigenvalue weighted by Gasteiger charge is -2.34. The van der Waals surface area contributed by atoms with Gasteiger partial charge in [0.2, 0.25) is 0 Å². The van der Waals surface area contributed by atoms with Crippen molar-refractivity contribution >= 4 is 28.0 Å². The molecule has 0 aromatic heterocycles. The molecular formula is C12H8BrF3O4. The van der Waals surface area contributed by atoms with Crippen molar-refractivity contribution in [1.82, 2.24) is 0 Å². The second-order valence-electron chi connectivity index (χ2n) is 3.98. The Kier molecular flexibility index (Phi) is 3.55. The number of carbonyl (C=O) groups excluding carboxylic acids is 1. The summed E-state index contributed by atoms with van der Waals surface area (Å²) in [6.07, 6.45) is -4.31. The van der Waals surface area contributed by atoms with Crippen molar-refractivity contribution in [2.24, 2.45) is 0 Å². The molecule has 0 aliphatic carbocycles.